The Bertz CT molecular complexity index is 412. The van der Waals surface area contributed by atoms with Crippen LogP contribution in [0.2, 0.25) is 0 Å². The highest BCUT2D eigenvalue weighted by atomic mass is 16.5. The molecule has 0 unspecified atom stereocenters. The highest BCUT2D eigenvalue weighted by molar-refractivity contribution is 5.66. The van der Waals surface area contributed by atoms with Crippen LogP contribution in [-0.4, -0.2) is 34.7 Å². The normalized spacial score (nSPS) is 11.3. The second kappa shape index (κ2) is 7.90. The quantitative estimate of drug-likeness (QED) is 0.794. The molecular weight excluding hydrogens is 254 g/mol. The van der Waals surface area contributed by atoms with Crippen LogP contribution >= 0.6 is 0 Å². The van der Waals surface area contributed by atoms with E-state index in [9.17, 15) is 4.79 Å². The lowest BCUT2D eigenvalue weighted by molar-refractivity contribution is -0.137. The van der Waals surface area contributed by atoms with Gasteiger partial charge in [-0.2, -0.15) is 0 Å². The molecule has 0 saturated carbocycles. The third-order valence-electron chi connectivity index (χ3n) is 3.02. The van der Waals surface area contributed by atoms with Crippen LogP contribution in [0.1, 0.15) is 39.7 Å². The Morgan fingerprint density at radius 2 is 1.80 bits per heavy atom. The average molecular weight is 279 g/mol. The molecule has 1 N–H and O–H groups in total. The molecule has 1 aromatic rings. The minimum atomic E-state index is -0.753. The third kappa shape index (κ3) is 6.06. The molecular formula is C16H25NO3. The van der Waals surface area contributed by atoms with E-state index in [0.29, 0.717) is 12.6 Å². The predicted molar refractivity (Wildman–Crippen MR) is 80.0 cm³/mol. The fraction of sp³-hybridized carbons (Fsp3) is 0.562. The second-order valence-corrected chi connectivity index (χ2v) is 5.52. The molecule has 20 heavy (non-hydrogen) atoms. The molecule has 0 spiro atoms. The highest BCUT2D eigenvalue weighted by Gasteiger charge is 2.12. The SMILES string of the molecule is CC(C)Oc1ccc(CN(CCC(=O)O)C(C)C)cc1. The van der Waals surface area contributed by atoms with Crippen molar-refractivity contribution in [3.8, 4) is 5.75 Å². The van der Waals surface area contributed by atoms with Crippen molar-refractivity contribution in [2.75, 3.05) is 6.54 Å². The zero-order chi connectivity index (χ0) is 15.1. The average Bonchev–Trinajstić information content (AvgIpc) is 2.35. The lowest BCUT2D eigenvalue weighted by atomic mass is 10.1. The van der Waals surface area contributed by atoms with E-state index in [4.69, 9.17) is 9.84 Å². The van der Waals surface area contributed by atoms with Gasteiger partial charge in [-0.1, -0.05) is 12.1 Å². The van der Waals surface area contributed by atoms with E-state index in [1.807, 2.05) is 38.1 Å². The van der Waals surface area contributed by atoms with Gasteiger partial charge in [0.05, 0.1) is 12.5 Å². The predicted octanol–water partition coefficient (Wildman–Crippen LogP) is 3.16. The van der Waals surface area contributed by atoms with Gasteiger partial charge < -0.3 is 9.84 Å². The van der Waals surface area contributed by atoms with Crippen molar-refractivity contribution in [3.05, 3.63) is 29.8 Å². The van der Waals surface area contributed by atoms with Gasteiger partial charge >= 0.3 is 5.97 Å². The van der Waals surface area contributed by atoms with Crippen LogP contribution in [0.5, 0.6) is 5.75 Å². The van der Waals surface area contributed by atoms with Crippen molar-refractivity contribution in [2.45, 2.75) is 52.8 Å². The number of nitrogens with zero attached hydrogens (tertiary/aromatic N) is 1. The van der Waals surface area contributed by atoms with E-state index in [0.717, 1.165) is 12.3 Å². The van der Waals surface area contributed by atoms with E-state index in [1.165, 1.54) is 5.56 Å². The summed E-state index contributed by atoms with van der Waals surface area (Å²) in [5.74, 6) is 0.113. The Morgan fingerprint density at radius 3 is 2.25 bits per heavy atom. The van der Waals surface area contributed by atoms with Gasteiger partial charge in [-0.25, -0.2) is 0 Å². The molecule has 0 aliphatic heterocycles. The first-order valence-electron chi connectivity index (χ1n) is 7.10. The summed E-state index contributed by atoms with van der Waals surface area (Å²) in [5.41, 5.74) is 1.17. The standard InChI is InChI=1S/C16H25NO3/c1-12(2)17(10-9-16(18)19)11-14-5-7-15(8-6-14)20-13(3)4/h5-8,12-13H,9-11H2,1-4H3,(H,18,19). The molecule has 0 aromatic heterocycles. The summed E-state index contributed by atoms with van der Waals surface area (Å²) in [4.78, 5) is 12.8. The monoisotopic (exact) mass is 279 g/mol. The molecule has 0 fully saturated rings. The zero-order valence-electron chi connectivity index (χ0n) is 12.8. The van der Waals surface area contributed by atoms with E-state index in [2.05, 4.69) is 18.7 Å². The van der Waals surface area contributed by atoms with Crippen molar-refractivity contribution in [1.29, 1.82) is 0 Å². The second-order valence-electron chi connectivity index (χ2n) is 5.52. The summed E-state index contributed by atoms with van der Waals surface area (Å²) in [6, 6.07) is 8.32. The Balaban J connectivity index is 2.61. The minimum Gasteiger partial charge on any atom is -0.491 e. The Kier molecular flexibility index (Phi) is 6.52. The summed E-state index contributed by atoms with van der Waals surface area (Å²) in [6.45, 7) is 9.49. The summed E-state index contributed by atoms with van der Waals surface area (Å²) in [5, 5.41) is 8.79. The lowest BCUT2D eigenvalue weighted by Gasteiger charge is -2.26. The first-order chi connectivity index (χ1) is 9.38. The minimum absolute atomic E-state index is 0.170. The Morgan fingerprint density at radius 1 is 1.20 bits per heavy atom. The number of carboxylic acid groups (broad SMARTS) is 1. The van der Waals surface area contributed by atoms with Crippen LogP contribution in [0.3, 0.4) is 0 Å². The number of carboxylic acids is 1. The van der Waals surface area contributed by atoms with E-state index in [-0.39, 0.29) is 12.5 Å². The number of rotatable bonds is 8. The molecule has 1 aromatic carbocycles. The van der Waals surface area contributed by atoms with Gasteiger partial charge in [-0.3, -0.25) is 9.69 Å². The highest BCUT2D eigenvalue weighted by Crippen LogP contribution is 2.16. The van der Waals surface area contributed by atoms with E-state index in [1.54, 1.807) is 0 Å². The summed E-state index contributed by atoms with van der Waals surface area (Å²) in [6.07, 6.45) is 0.343. The van der Waals surface area contributed by atoms with Crippen LogP contribution in [0, 0.1) is 0 Å². The van der Waals surface area contributed by atoms with Crippen LogP contribution in [0.25, 0.3) is 0 Å². The van der Waals surface area contributed by atoms with Crippen molar-refractivity contribution in [1.82, 2.24) is 4.90 Å². The maximum absolute atomic E-state index is 10.7. The van der Waals surface area contributed by atoms with Gasteiger partial charge in [0.2, 0.25) is 0 Å². The van der Waals surface area contributed by atoms with Crippen LogP contribution in [0.4, 0.5) is 0 Å². The first kappa shape index (κ1) is 16.5. The molecule has 0 atom stereocenters. The topological polar surface area (TPSA) is 49.8 Å². The number of carbonyl (C=O) groups is 1. The Labute approximate surface area is 121 Å². The maximum Gasteiger partial charge on any atom is 0.304 e. The van der Waals surface area contributed by atoms with Crippen molar-refractivity contribution >= 4 is 5.97 Å². The number of aliphatic carboxylic acids is 1. The third-order valence-corrected chi connectivity index (χ3v) is 3.02. The van der Waals surface area contributed by atoms with Gasteiger partial charge in [0, 0.05) is 19.1 Å². The number of ether oxygens (including phenoxy) is 1. The molecule has 0 saturated heterocycles. The van der Waals surface area contributed by atoms with Gasteiger partial charge in [0.25, 0.3) is 0 Å². The van der Waals surface area contributed by atoms with Crippen LogP contribution < -0.4 is 4.74 Å². The van der Waals surface area contributed by atoms with Gasteiger partial charge in [-0.15, -0.1) is 0 Å². The van der Waals surface area contributed by atoms with Crippen molar-refractivity contribution < 1.29 is 14.6 Å². The first-order valence-corrected chi connectivity index (χ1v) is 7.10. The molecule has 0 amide bonds. The van der Waals surface area contributed by atoms with Crippen LogP contribution in [-0.2, 0) is 11.3 Å². The molecule has 0 heterocycles. The molecule has 112 valence electrons. The number of benzene rings is 1. The molecule has 0 radical (unpaired) electrons. The van der Waals surface area contributed by atoms with Crippen molar-refractivity contribution in [3.63, 3.8) is 0 Å². The summed E-state index contributed by atoms with van der Waals surface area (Å²) < 4.78 is 5.61. The molecule has 0 bridgehead atoms. The molecule has 1 rings (SSSR count). The summed E-state index contributed by atoms with van der Waals surface area (Å²) >= 11 is 0. The molecule has 4 heteroatoms. The van der Waals surface area contributed by atoms with Gasteiger partial charge in [-0.05, 0) is 45.4 Å². The molecule has 0 aliphatic carbocycles. The lowest BCUT2D eigenvalue weighted by Crippen LogP contribution is -2.32. The van der Waals surface area contributed by atoms with E-state index >= 15 is 0 Å². The Hall–Kier alpha value is -1.55. The van der Waals surface area contributed by atoms with Crippen LogP contribution in [0.15, 0.2) is 24.3 Å². The smallest absolute Gasteiger partial charge is 0.304 e. The molecule has 0 aliphatic rings. The van der Waals surface area contributed by atoms with Crippen molar-refractivity contribution in [2.24, 2.45) is 0 Å². The largest absolute Gasteiger partial charge is 0.491 e. The van der Waals surface area contributed by atoms with E-state index < -0.39 is 5.97 Å². The van der Waals surface area contributed by atoms with Gasteiger partial charge in [0.1, 0.15) is 5.75 Å². The number of hydrogen-bond acceptors (Lipinski definition) is 3. The number of hydrogen-bond donors (Lipinski definition) is 1. The zero-order valence-corrected chi connectivity index (χ0v) is 12.8. The van der Waals surface area contributed by atoms with Gasteiger partial charge in [0.15, 0.2) is 0 Å². The maximum atomic E-state index is 10.7. The fourth-order valence-electron chi connectivity index (χ4n) is 1.94. The fourth-order valence-corrected chi connectivity index (χ4v) is 1.94. The molecule has 4 nitrogen and oxygen atoms in total. The summed E-state index contributed by atoms with van der Waals surface area (Å²) in [7, 11) is 0.